The molecule has 1 aliphatic heterocycles. The zero-order chi connectivity index (χ0) is 17.6. The molecule has 3 rings (SSSR count). The van der Waals surface area contributed by atoms with Gasteiger partial charge in [-0.2, -0.15) is 0 Å². The molecule has 1 aliphatic rings. The van der Waals surface area contributed by atoms with E-state index in [-0.39, 0.29) is 11.8 Å². The topological polar surface area (TPSA) is 40.6 Å². The number of halogens is 1. The van der Waals surface area contributed by atoms with E-state index in [1.54, 1.807) is 17.0 Å². The molecule has 0 aliphatic carbocycles. The van der Waals surface area contributed by atoms with Crippen LogP contribution in [0.4, 0.5) is 0 Å². The SMILES string of the molecule is O=C(Cc1ccccc1)N1CCCN(C(=O)c2ccccc2Cl)CC1. The molecule has 0 bridgehead atoms. The van der Waals surface area contributed by atoms with Gasteiger partial charge in [0.1, 0.15) is 0 Å². The van der Waals surface area contributed by atoms with Crippen molar-refractivity contribution in [2.24, 2.45) is 0 Å². The van der Waals surface area contributed by atoms with Crippen LogP contribution in [0.25, 0.3) is 0 Å². The average Bonchev–Trinajstić information content (AvgIpc) is 2.89. The maximum Gasteiger partial charge on any atom is 0.255 e. The second kappa shape index (κ2) is 8.17. The summed E-state index contributed by atoms with van der Waals surface area (Å²) in [6.07, 6.45) is 1.18. The van der Waals surface area contributed by atoms with Gasteiger partial charge < -0.3 is 9.80 Å². The minimum absolute atomic E-state index is 0.0667. The van der Waals surface area contributed by atoms with Gasteiger partial charge in [-0.25, -0.2) is 0 Å². The summed E-state index contributed by atoms with van der Waals surface area (Å²) in [5.74, 6) is 0.0428. The lowest BCUT2D eigenvalue weighted by molar-refractivity contribution is -0.130. The third-order valence-electron chi connectivity index (χ3n) is 4.44. The van der Waals surface area contributed by atoms with Crippen LogP contribution in [0.2, 0.25) is 5.02 Å². The molecule has 0 atom stereocenters. The summed E-state index contributed by atoms with van der Waals surface area (Å²) in [5.41, 5.74) is 1.54. The predicted molar refractivity (Wildman–Crippen MR) is 98.7 cm³/mol. The quantitative estimate of drug-likeness (QED) is 0.847. The Morgan fingerprint density at radius 2 is 1.48 bits per heavy atom. The molecule has 4 nitrogen and oxygen atoms in total. The lowest BCUT2D eigenvalue weighted by atomic mass is 10.1. The Morgan fingerprint density at radius 1 is 0.840 bits per heavy atom. The second-order valence-corrected chi connectivity index (χ2v) is 6.58. The fourth-order valence-corrected chi connectivity index (χ4v) is 3.27. The first-order valence-corrected chi connectivity index (χ1v) is 8.88. The fraction of sp³-hybridized carbons (Fsp3) is 0.300. The molecule has 0 radical (unpaired) electrons. The average molecular weight is 357 g/mol. The van der Waals surface area contributed by atoms with E-state index in [9.17, 15) is 9.59 Å². The maximum atomic E-state index is 12.7. The Hall–Kier alpha value is -2.33. The highest BCUT2D eigenvalue weighted by Gasteiger charge is 2.23. The number of nitrogens with zero attached hydrogens (tertiary/aromatic N) is 2. The fourth-order valence-electron chi connectivity index (χ4n) is 3.06. The molecular formula is C20H21ClN2O2. The molecular weight excluding hydrogens is 336 g/mol. The van der Waals surface area contributed by atoms with Crippen LogP contribution in [0.15, 0.2) is 54.6 Å². The Labute approximate surface area is 153 Å². The molecule has 2 aromatic rings. The van der Waals surface area contributed by atoms with Crippen molar-refractivity contribution >= 4 is 23.4 Å². The summed E-state index contributed by atoms with van der Waals surface area (Å²) in [7, 11) is 0. The van der Waals surface area contributed by atoms with Crippen molar-refractivity contribution in [2.75, 3.05) is 26.2 Å². The van der Waals surface area contributed by atoms with Crippen LogP contribution in [0, 0.1) is 0 Å². The smallest absolute Gasteiger partial charge is 0.255 e. The summed E-state index contributed by atoms with van der Waals surface area (Å²) in [6, 6.07) is 16.8. The molecule has 1 saturated heterocycles. The summed E-state index contributed by atoms with van der Waals surface area (Å²) in [4.78, 5) is 28.8. The number of carbonyl (C=O) groups excluding carboxylic acids is 2. The first-order valence-electron chi connectivity index (χ1n) is 8.50. The van der Waals surface area contributed by atoms with E-state index in [1.165, 1.54) is 0 Å². The van der Waals surface area contributed by atoms with Crippen LogP contribution in [0.5, 0.6) is 0 Å². The van der Waals surface area contributed by atoms with Gasteiger partial charge in [0.25, 0.3) is 5.91 Å². The van der Waals surface area contributed by atoms with Crippen LogP contribution in [0.1, 0.15) is 22.3 Å². The maximum absolute atomic E-state index is 12.7. The van der Waals surface area contributed by atoms with Crippen LogP contribution in [0.3, 0.4) is 0 Å². The van der Waals surface area contributed by atoms with Gasteiger partial charge in [0.05, 0.1) is 17.0 Å². The van der Waals surface area contributed by atoms with Gasteiger partial charge in [0.2, 0.25) is 5.91 Å². The Balaban J connectivity index is 1.61. The molecule has 1 heterocycles. The van der Waals surface area contributed by atoms with Crippen LogP contribution >= 0.6 is 11.6 Å². The zero-order valence-corrected chi connectivity index (χ0v) is 14.8. The Kier molecular flexibility index (Phi) is 5.71. The lowest BCUT2D eigenvalue weighted by Crippen LogP contribution is -2.38. The number of carbonyl (C=O) groups is 2. The van der Waals surface area contributed by atoms with Crippen molar-refractivity contribution in [3.63, 3.8) is 0 Å². The van der Waals surface area contributed by atoms with E-state index < -0.39 is 0 Å². The van der Waals surface area contributed by atoms with Gasteiger partial charge in [-0.05, 0) is 24.1 Å². The van der Waals surface area contributed by atoms with Crippen molar-refractivity contribution in [1.82, 2.24) is 9.80 Å². The van der Waals surface area contributed by atoms with E-state index in [4.69, 9.17) is 11.6 Å². The number of hydrogen-bond acceptors (Lipinski definition) is 2. The van der Waals surface area contributed by atoms with Crippen LogP contribution in [-0.2, 0) is 11.2 Å². The normalized spacial score (nSPS) is 14.9. The van der Waals surface area contributed by atoms with Gasteiger partial charge >= 0.3 is 0 Å². The highest BCUT2D eigenvalue weighted by atomic mass is 35.5. The van der Waals surface area contributed by atoms with Crippen molar-refractivity contribution in [1.29, 1.82) is 0 Å². The van der Waals surface area contributed by atoms with E-state index in [0.717, 1.165) is 12.0 Å². The molecule has 0 unspecified atom stereocenters. The summed E-state index contributed by atoms with van der Waals surface area (Å²) in [5, 5.41) is 0.466. The van der Waals surface area contributed by atoms with Crippen LogP contribution < -0.4 is 0 Å². The first kappa shape index (κ1) is 17.5. The van der Waals surface area contributed by atoms with Crippen molar-refractivity contribution in [3.05, 3.63) is 70.7 Å². The zero-order valence-electron chi connectivity index (χ0n) is 14.0. The minimum Gasteiger partial charge on any atom is -0.341 e. The van der Waals surface area contributed by atoms with E-state index >= 15 is 0 Å². The monoisotopic (exact) mass is 356 g/mol. The van der Waals surface area contributed by atoms with E-state index in [0.29, 0.717) is 43.2 Å². The lowest BCUT2D eigenvalue weighted by Gasteiger charge is -2.22. The van der Waals surface area contributed by atoms with Gasteiger partial charge in [0.15, 0.2) is 0 Å². The molecule has 0 aromatic heterocycles. The predicted octanol–water partition coefficient (Wildman–Crippen LogP) is 3.26. The second-order valence-electron chi connectivity index (χ2n) is 6.17. The third-order valence-corrected chi connectivity index (χ3v) is 4.77. The highest BCUT2D eigenvalue weighted by molar-refractivity contribution is 6.33. The van der Waals surface area contributed by atoms with E-state index in [2.05, 4.69) is 0 Å². The van der Waals surface area contributed by atoms with Gasteiger partial charge in [0, 0.05) is 26.2 Å². The first-order chi connectivity index (χ1) is 12.1. The summed E-state index contributed by atoms with van der Waals surface area (Å²) < 4.78 is 0. The van der Waals surface area contributed by atoms with Gasteiger partial charge in [-0.1, -0.05) is 54.1 Å². The Morgan fingerprint density at radius 3 is 2.24 bits per heavy atom. The Bertz CT molecular complexity index is 748. The summed E-state index contributed by atoms with van der Waals surface area (Å²) >= 11 is 6.14. The van der Waals surface area contributed by atoms with Gasteiger partial charge in [-0.3, -0.25) is 9.59 Å². The van der Waals surface area contributed by atoms with Crippen LogP contribution in [-0.4, -0.2) is 47.8 Å². The van der Waals surface area contributed by atoms with Crippen molar-refractivity contribution in [3.8, 4) is 0 Å². The highest BCUT2D eigenvalue weighted by Crippen LogP contribution is 2.18. The third kappa shape index (κ3) is 4.40. The molecule has 0 saturated carbocycles. The molecule has 5 heteroatoms. The molecule has 25 heavy (non-hydrogen) atoms. The van der Waals surface area contributed by atoms with E-state index in [1.807, 2.05) is 47.4 Å². The number of hydrogen-bond donors (Lipinski definition) is 0. The number of amides is 2. The molecule has 2 aromatic carbocycles. The van der Waals surface area contributed by atoms with Crippen molar-refractivity contribution < 1.29 is 9.59 Å². The number of rotatable bonds is 3. The molecule has 1 fully saturated rings. The van der Waals surface area contributed by atoms with Crippen molar-refractivity contribution in [2.45, 2.75) is 12.8 Å². The molecule has 0 spiro atoms. The molecule has 2 amide bonds. The molecule has 130 valence electrons. The number of benzene rings is 2. The minimum atomic E-state index is -0.0667. The summed E-state index contributed by atoms with van der Waals surface area (Å²) in [6.45, 7) is 2.41. The molecule has 0 N–H and O–H groups in total. The largest absolute Gasteiger partial charge is 0.341 e. The van der Waals surface area contributed by atoms with Gasteiger partial charge in [-0.15, -0.1) is 0 Å². The standard InChI is InChI=1S/C20H21ClN2O2/c21-18-10-5-4-9-17(18)20(25)23-12-6-11-22(13-14-23)19(24)15-16-7-2-1-3-8-16/h1-5,7-10H,6,11-15H2.